The van der Waals surface area contributed by atoms with Crippen molar-refractivity contribution in [2.24, 2.45) is 5.73 Å². The van der Waals surface area contributed by atoms with Crippen LogP contribution in [-0.2, 0) is 6.42 Å². The average molecular weight is 294 g/mol. The Bertz CT molecular complexity index is 463. The van der Waals surface area contributed by atoms with Crippen molar-refractivity contribution in [3.63, 3.8) is 0 Å². The average Bonchev–Trinajstić information content (AvgIpc) is 2.86. The van der Waals surface area contributed by atoms with E-state index in [4.69, 9.17) is 5.73 Å². The number of carbonyl (C=O) groups is 1. The molecule has 110 valence electrons. The number of rotatable bonds is 4. The summed E-state index contributed by atoms with van der Waals surface area (Å²) in [6.45, 7) is 4.27. The van der Waals surface area contributed by atoms with Crippen LogP contribution in [0.15, 0.2) is 5.38 Å². The lowest BCUT2D eigenvalue weighted by atomic mass is 9.91. The first-order valence-corrected chi connectivity index (χ1v) is 8.33. The second kappa shape index (κ2) is 6.20. The quantitative estimate of drug-likeness (QED) is 0.898. The molecule has 6 heteroatoms. The number of hydrogen-bond acceptors (Lipinski definition) is 5. The van der Waals surface area contributed by atoms with Gasteiger partial charge < -0.3 is 10.6 Å². The van der Waals surface area contributed by atoms with E-state index in [1.165, 1.54) is 30.6 Å². The maximum Gasteiger partial charge on any atom is 0.273 e. The monoisotopic (exact) mass is 294 g/mol. The fourth-order valence-corrected chi connectivity index (χ4v) is 3.64. The molecule has 20 heavy (non-hydrogen) atoms. The van der Waals surface area contributed by atoms with Crippen LogP contribution < -0.4 is 5.73 Å². The van der Waals surface area contributed by atoms with E-state index in [-0.39, 0.29) is 5.91 Å². The third-order valence-corrected chi connectivity index (χ3v) is 5.23. The van der Waals surface area contributed by atoms with Gasteiger partial charge in [-0.3, -0.25) is 9.69 Å². The number of nitrogens with zero attached hydrogens (tertiary/aromatic N) is 3. The van der Waals surface area contributed by atoms with Crippen LogP contribution in [0.4, 0.5) is 0 Å². The van der Waals surface area contributed by atoms with Gasteiger partial charge in [0.2, 0.25) is 0 Å². The van der Waals surface area contributed by atoms with Crippen molar-refractivity contribution in [1.29, 1.82) is 0 Å². The van der Waals surface area contributed by atoms with Gasteiger partial charge in [-0.2, -0.15) is 0 Å². The Hall–Kier alpha value is -0.980. The van der Waals surface area contributed by atoms with Crippen LogP contribution >= 0.6 is 11.3 Å². The molecule has 2 aliphatic rings. The van der Waals surface area contributed by atoms with E-state index in [1.807, 2.05) is 10.3 Å². The van der Waals surface area contributed by atoms with Gasteiger partial charge in [0.1, 0.15) is 5.69 Å². The highest BCUT2D eigenvalue weighted by Crippen LogP contribution is 2.25. The number of hydrogen-bond donors (Lipinski definition) is 1. The maximum absolute atomic E-state index is 12.4. The van der Waals surface area contributed by atoms with Crippen LogP contribution in [0.25, 0.3) is 0 Å². The van der Waals surface area contributed by atoms with Crippen LogP contribution in [0.1, 0.15) is 34.8 Å². The minimum absolute atomic E-state index is 0.0813. The van der Waals surface area contributed by atoms with Crippen molar-refractivity contribution in [3.8, 4) is 0 Å². The van der Waals surface area contributed by atoms with Crippen LogP contribution in [0.2, 0.25) is 0 Å². The second-order valence-electron chi connectivity index (χ2n) is 5.58. The van der Waals surface area contributed by atoms with Crippen molar-refractivity contribution in [2.45, 2.75) is 31.7 Å². The molecule has 1 saturated heterocycles. The molecular weight excluding hydrogens is 272 g/mol. The van der Waals surface area contributed by atoms with Crippen molar-refractivity contribution in [1.82, 2.24) is 14.8 Å². The fraction of sp³-hybridized carbons (Fsp3) is 0.714. The molecule has 0 unspecified atom stereocenters. The smallest absolute Gasteiger partial charge is 0.273 e. The Kier molecular flexibility index (Phi) is 4.33. The van der Waals surface area contributed by atoms with Gasteiger partial charge in [0.25, 0.3) is 5.91 Å². The van der Waals surface area contributed by atoms with Crippen LogP contribution in [0.5, 0.6) is 0 Å². The van der Waals surface area contributed by atoms with Crippen molar-refractivity contribution < 1.29 is 4.79 Å². The molecule has 1 aliphatic heterocycles. The molecule has 2 fully saturated rings. The summed E-state index contributed by atoms with van der Waals surface area (Å²) in [5, 5.41) is 2.83. The normalized spacial score (nSPS) is 20.9. The summed E-state index contributed by atoms with van der Waals surface area (Å²) in [5.41, 5.74) is 6.11. The van der Waals surface area contributed by atoms with E-state index < -0.39 is 0 Å². The Morgan fingerprint density at radius 2 is 2.10 bits per heavy atom. The lowest BCUT2D eigenvalue weighted by Gasteiger charge is -2.42. The molecule has 0 bridgehead atoms. The van der Waals surface area contributed by atoms with Gasteiger partial charge in [-0.1, -0.05) is 6.42 Å². The number of carbonyl (C=O) groups excluding carboxylic acids is 1. The minimum atomic E-state index is 0.0813. The third kappa shape index (κ3) is 2.87. The fourth-order valence-electron chi connectivity index (χ4n) is 2.85. The summed E-state index contributed by atoms with van der Waals surface area (Å²) in [7, 11) is 0. The molecule has 5 nitrogen and oxygen atoms in total. The first-order valence-electron chi connectivity index (χ1n) is 7.45. The summed E-state index contributed by atoms with van der Waals surface area (Å²) in [6, 6.07) is 0.780. The lowest BCUT2D eigenvalue weighted by Crippen LogP contribution is -2.53. The number of piperazine rings is 1. The first-order chi connectivity index (χ1) is 9.78. The Morgan fingerprint density at radius 3 is 2.70 bits per heavy atom. The van der Waals surface area contributed by atoms with E-state index >= 15 is 0 Å². The van der Waals surface area contributed by atoms with Crippen molar-refractivity contribution in [2.75, 3.05) is 32.7 Å². The standard InChI is InChI=1S/C14H22N4OS/c15-5-4-13-16-12(10-20-13)14(19)18-8-6-17(7-9-18)11-2-1-3-11/h10-11H,1-9,15H2. The Morgan fingerprint density at radius 1 is 1.35 bits per heavy atom. The highest BCUT2D eigenvalue weighted by Gasteiger charge is 2.30. The molecule has 1 aliphatic carbocycles. The van der Waals surface area contributed by atoms with Gasteiger partial charge >= 0.3 is 0 Å². The topological polar surface area (TPSA) is 62.5 Å². The number of aromatic nitrogens is 1. The molecule has 1 aromatic heterocycles. The van der Waals surface area contributed by atoms with E-state index in [9.17, 15) is 4.79 Å². The zero-order valence-electron chi connectivity index (χ0n) is 11.8. The first kappa shape index (κ1) is 14.0. The zero-order valence-corrected chi connectivity index (χ0v) is 12.6. The molecule has 3 rings (SSSR count). The predicted molar refractivity (Wildman–Crippen MR) is 80.0 cm³/mol. The van der Waals surface area contributed by atoms with Gasteiger partial charge in [0, 0.05) is 44.0 Å². The maximum atomic E-state index is 12.4. The zero-order chi connectivity index (χ0) is 13.9. The molecule has 1 aromatic rings. The Balaban J connectivity index is 1.54. The highest BCUT2D eigenvalue weighted by atomic mass is 32.1. The van der Waals surface area contributed by atoms with Crippen LogP contribution in [-0.4, -0.2) is 59.5 Å². The van der Waals surface area contributed by atoms with Crippen molar-refractivity contribution in [3.05, 3.63) is 16.1 Å². The molecule has 2 heterocycles. The highest BCUT2D eigenvalue weighted by molar-refractivity contribution is 7.09. The second-order valence-corrected chi connectivity index (χ2v) is 6.52. The molecule has 1 saturated carbocycles. The molecule has 1 amide bonds. The lowest BCUT2D eigenvalue weighted by molar-refractivity contribution is 0.0451. The molecular formula is C14H22N4OS. The van der Waals surface area contributed by atoms with Gasteiger partial charge in [-0.15, -0.1) is 11.3 Å². The molecule has 0 spiro atoms. The molecule has 0 aromatic carbocycles. The van der Waals surface area contributed by atoms with Gasteiger partial charge in [0.05, 0.1) is 5.01 Å². The molecule has 0 radical (unpaired) electrons. The summed E-state index contributed by atoms with van der Waals surface area (Å²) in [6.07, 6.45) is 4.80. The number of nitrogens with two attached hydrogens (primary N) is 1. The van der Waals surface area contributed by atoms with E-state index in [1.54, 1.807) is 0 Å². The molecule has 2 N–H and O–H groups in total. The summed E-state index contributed by atoms with van der Waals surface area (Å²) < 4.78 is 0. The molecule has 0 atom stereocenters. The van der Waals surface area contributed by atoms with Gasteiger partial charge in [-0.25, -0.2) is 4.98 Å². The summed E-state index contributed by atoms with van der Waals surface area (Å²) in [4.78, 5) is 21.3. The third-order valence-electron chi connectivity index (χ3n) is 4.32. The van der Waals surface area contributed by atoms with E-state index in [0.717, 1.165) is 43.6 Å². The SMILES string of the molecule is NCCc1nc(C(=O)N2CCN(C3CCC3)CC2)cs1. The Labute approximate surface area is 123 Å². The van der Waals surface area contributed by atoms with Crippen LogP contribution in [0, 0.1) is 0 Å². The summed E-state index contributed by atoms with van der Waals surface area (Å²) in [5.74, 6) is 0.0813. The summed E-state index contributed by atoms with van der Waals surface area (Å²) >= 11 is 1.54. The van der Waals surface area contributed by atoms with Crippen LogP contribution in [0.3, 0.4) is 0 Å². The predicted octanol–water partition coefficient (Wildman–Crippen LogP) is 0.955. The van der Waals surface area contributed by atoms with Gasteiger partial charge in [0.15, 0.2) is 0 Å². The largest absolute Gasteiger partial charge is 0.335 e. The number of thiazole rings is 1. The van der Waals surface area contributed by atoms with Gasteiger partial charge in [-0.05, 0) is 19.4 Å². The van der Waals surface area contributed by atoms with Crippen molar-refractivity contribution >= 4 is 17.2 Å². The van der Waals surface area contributed by atoms with E-state index in [0.29, 0.717) is 12.2 Å². The minimum Gasteiger partial charge on any atom is -0.335 e. The number of amides is 1. The van der Waals surface area contributed by atoms with E-state index in [2.05, 4.69) is 9.88 Å².